The van der Waals surface area contributed by atoms with Crippen molar-refractivity contribution < 1.29 is 47.6 Å². The van der Waals surface area contributed by atoms with Crippen LogP contribution in [0.1, 0.15) is 0 Å². The molecule has 0 aliphatic carbocycles. The van der Waals surface area contributed by atoms with Gasteiger partial charge in [0.05, 0.1) is 0 Å². The van der Waals surface area contributed by atoms with Gasteiger partial charge in [-0.2, -0.15) is 0 Å². The first kappa shape index (κ1) is 22.5. The Kier molecular flexibility index (Phi) is 32.3. The predicted octanol–water partition coefficient (Wildman–Crippen LogP) is -2.77. The maximum absolute atomic E-state index is 8.88. The molecule has 0 saturated carbocycles. The van der Waals surface area contributed by atoms with Crippen molar-refractivity contribution in [2.24, 2.45) is 0 Å². The van der Waals surface area contributed by atoms with Crippen LogP contribution < -0.4 is 0 Å². The Hall–Kier alpha value is 2.28. The van der Waals surface area contributed by atoms with Crippen LogP contribution in [0, 0.1) is 0 Å². The Labute approximate surface area is 90.9 Å². The van der Waals surface area contributed by atoms with Gasteiger partial charge in [0, 0.05) is 0 Å². The summed E-state index contributed by atoms with van der Waals surface area (Å²) in [6.07, 6.45) is 0. The monoisotopic (exact) mass is 247 g/mol. The van der Waals surface area contributed by atoms with E-state index in [1.54, 1.807) is 0 Å². The number of hydrogen-bond donors (Lipinski definition) is 3. The van der Waals surface area contributed by atoms with E-state index in [4.69, 9.17) is 19.2 Å². The Morgan fingerprint density at radius 3 is 1.22 bits per heavy atom. The summed E-state index contributed by atoms with van der Waals surface area (Å²) < 4.78 is 8.88. The molecule has 0 fully saturated rings. The molecule has 0 unspecified atom stereocenters. The van der Waals surface area contributed by atoms with Gasteiger partial charge in [0.25, 0.3) is 0 Å². The molecule has 4 nitrogen and oxygen atoms in total. The van der Waals surface area contributed by atoms with Crippen LogP contribution in [-0.2, 0) is 32.9 Å². The minimum atomic E-state index is -4.64. The van der Waals surface area contributed by atoms with Gasteiger partial charge < -0.3 is 14.7 Å². The summed E-state index contributed by atoms with van der Waals surface area (Å²) in [7, 11) is -4.64. The van der Waals surface area contributed by atoms with Crippen molar-refractivity contribution >= 4 is 44.0 Å². The summed E-state index contributed by atoms with van der Waals surface area (Å²) in [6, 6.07) is 0. The maximum atomic E-state index is 8.88. The molecule has 0 aromatic heterocycles. The van der Waals surface area contributed by atoms with Gasteiger partial charge in [-0.3, -0.25) is 0 Å². The van der Waals surface area contributed by atoms with E-state index in [0.29, 0.717) is 0 Å². The third-order valence-electron chi connectivity index (χ3n) is 0. The molecule has 0 amide bonds. The molecule has 0 spiro atoms. The van der Waals surface area contributed by atoms with Gasteiger partial charge in [-0.1, -0.05) is 0 Å². The van der Waals surface area contributed by atoms with Crippen molar-refractivity contribution in [1.82, 2.24) is 0 Å². The quantitative estimate of drug-likeness (QED) is 0.320. The van der Waals surface area contributed by atoms with Crippen molar-refractivity contribution in [3.8, 4) is 0 Å². The Bertz CT molecular complexity index is 66.7. The van der Waals surface area contributed by atoms with Crippen LogP contribution in [0.2, 0.25) is 0 Å². The van der Waals surface area contributed by atoms with Crippen molar-refractivity contribution in [2.75, 3.05) is 0 Å². The second kappa shape index (κ2) is 12.9. The normalized spacial score (nSPS) is 7.22. The van der Waals surface area contributed by atoms with E-state index in [9.17, 15) is 0 Å². The number of phosphoric acid groups is 1. The first-order chi connectivity index (χ1) is 3.00. The van der Waals surface area contributed by atoms with E-state index in [1.807, 2.05) is 0 Å². The fourth-order valence-corrected chi connectivity index (χ4v) is 0. The summed E-state index contributed by atoms with van der Waals surface area (Å²) in [4.78, 5) is 21.6. The van der Waals surface area contributed by atoms with E-state index >= 15 is 0 Å². The van der Waals surface area contributed by atoms with Crippen LogP contribution in [0.4, 0.5) is 0 Å². The number of hydrogen-bond acceptors (Lipinski definition) is 1. The first-order valence-corrected chi connectivity index (χ1v) is 4.62. The zero-order valence-corrected chi connectivity index (χ0v) is 6.11. The van der Waals surface area contributed by atoms with Crippen LogP contribution in [-0.4, -0.2) is 50.9 Å². The molecule has 0 bridgehead atoms. The van der Waals surface area contributed by atoms with Crippen molar-refractivity contribution in [2.45, 2.75) is 0 Å². The van der Waals surface area contributed by atoms with Gasteiger partial charge >= 0.3 is 55.1 Å². The van der Waals surface area contributed by atoms with Gasteiger partial charge in [-0.05, 0) is 0 Å². The summed E-state index contributed by atoms with van der Waals surface area (Å²) in [5.74, 6) is 0. The van der Waals surface area contributed by atoms with E-state index in [1.165, 1.54) is 0 Å². The topological polar surface area (TPSA) is 77.8 Å². The van der Waals surface area contributed by atoms with E-state index < -0.39 is 7.82 Å². The molecule has 0 heterocycles. The predicted molar refractivity (Wildman–Crippen MR) is 31.4 cm³/mol. The first-order valence-electron chi connectivity index (χ1n) is 0.916. The second-order valence-corrected chi connectivity index (χ2v) is 1.54. The molecular weight excluding hydrogens is 240 g/mol. The molecule has 0 aliphatic rings. The number of rotatable bonds is 0. The van der Waals surface area contributed by atoms with E-state index in [2.05, 4.69) is 28.4 Å². The van der Waals surface area contributed by atoms with E-state index in [-0.39, 0.29) is 36.2 Å². The molecule has 0 aliphatic heterocycles. The van der Waals surface area contributed by atoms with E-state index in [0.717, 1.165) is 0 Å². The molecule has 0 aromatic rings. The molecule has 9 heavy (non-hydrogen) atoms. The van der Waals surface area contributed by atoms with Crippen molar-refractivity contribution in [3.63, 3.8) is 0 Å². The Morgan fingerprint density at radius 2 is 1.22 bits per heavy atom. The molecular formula is H7AlFeLiMnO4P. The molecule has 3 N–H and O–H groups in total. The van der Waals surface area contributed by atoms with Crippen LogP contribution >= 0.6 is 7.82 Å². The van der Waals surface area contributed by atoms with Gasteiger partial charge in [0.2, 0.25) is 0 Å². The summed E-state index contributed by atoms with van der Waals surface area (Å²) in [5, 5.41) is 0. The molecule has 0 aromatic carbocycles. The van der Waals surface area contributed by atoms with Crippen LogP contribution in [0.25, 0.3) is 0 Å². The molecule has 0 saturated heterocycles. The fourth-order valence-electron chi connectivity index (χ4n) is 0. The van der Waals surface area contributed by atoms with Crippen LogP contribution in [0.15, 0.2) is 0 Å². The SMILES string of the molecule is O=P(O)(O)O.[AlH3].[LiH].[Mn][Fe]. The molecule has 0 radical (unpaired) electrons. The summed E-state index contributed by atoms with van der Waals surface area (Å²) >= 11 is 5.75. The second-order valence-electron chi connectivity index (χ2n) is 0.513. The minimum absolute atomic E-state index is 0. The van der Waals surface area contributed by atoms with Crippen LogP contribution in [0.3, 0.4) is 0 Å². The summed E-state index contributed by atoms with van der Waals surface area (Å²) in [5.41, 5.74) is 0. The average Bonchev–Trinajstić information content (AvgIpc) is 1.36. The molecule has 0 atom stereocenters. The summed E-state index contributed by atoms with van der Waals surface area (Å²) in [6.45, 7) is 0. The Morgan fingerprint density at radius 1 is 1.22 bits per heavy atom. The molecule has 0 rings (SSSR count). The zero-order chi connectivity index (χ0) is 6.50. The average molecular weight is 247 g/mol. The Balaban J connectivity index is -0.0000000286. The third-order valence-corrected chi connectivity index (χ3v) is 0. The van der Waals surface area contributed by atoms with Crippen LogP contribution in [0.5, 0.6) is 0 Å². The van der Waals surface area contributed by atoms with Crippen molar-refractivity contribution in [1.29, 1.82) is 0 Å². The molecule has 9 heteroatoms. The van der Waals surface area contributed by atoms with Crippen molar-refractivity contribution in [3.05, 3.63) is 0 Å². The standard InChI is InChI=1S/Al.Fe.Li.Mn.H3O4P.4H/c;;;;1-5(2,3)4;;;;/h;;;;(H3,1,2,3,4);;;;. The zero-order valence-electron chi connectivity index (χ0n) is 2.93. The van der Waals surface area contributed by atoms with Gasteiger partial charge in [0.1, 0.15) is 0 Å². The molecule has 55 valence electrons. The fraction of sp³-hybridized carbons (Fsp3) is 0. The van der Waals surface area contributed by atoms with Gasteiger partial charge in [-0.15, -0.1) is 0 Å². The van der Waals surface area contributed by atoms with Gasteiger partial charge in [-0.25, -0.2) is 4.57 Å². The van der Waals surface area contributed by atoms with Gasteiger partial charge in [0.15, 0.2) is 17.4 Å². The third kappa shape index (κ3) is 136.